The second-order valence-electron chi connectivity index (χ2n) is 5.10. The van der Waals surface area contributed by atoms with E-state index < -0.39 is 0 Å². The number of nitrogens with two attached hydrogens (primary N) is 1. The van der Waals surface area contributed by atoms with E-state index >= 15 is 0 Å². The van der Waals surface area contributed by atoms with Crippen molar-refractivity contribution in [2.45, 2.75) is 0 Å². The molecule has 4 rings (SSSR count). The highest BCUT2D eigenvalue weighted by molar-refractivity contribution is 9.10. The number of halogens is 1. The highest BCUT2D eigenvalue weighted by Gasteiger charge is 2.29. The summed E-state index contributed by atoms with van der Waals surface area (Å²) in [7, 11) is 0. The first-order valence-corrected chi connectivity index (χ1v) is 8.70. The van der Waals surface area contributed by atoms with Gasteiger partial charge in [-0.25, -0.2) is 4.57 Å². The third kappa shape index (κ3) is 2.55. The van der Waals surface area contributed by atoms with Gasteiger partial charge in [-0.05, 0) is 28.2 Å². The van der Waals surface area contributed by atoms with Gasteiger partial charge in [0, 0.05) is 0 Å². The van der Waals surface area contributed by atoms with Crippen molar-refractivity contribution < 1.29 is 14.7 Å². The number of pyridine rings is 1. The van der Waals surface area contributed by atoms with Gasteiger partial charge in [0.1, 0.15) is 5.52 Å². The Labute approximate surface area is 145 Å². The van der Waals surface area contributed by atoms with Crippen LogP contribution in [0.5, 0.6) is 0 Å². The van der Waals surface area contributed by atoms with Crippen LogP contribution in [0, 0.1) is 11.4 Å². The first-order chi connectivity index (χ1) is 11.2. The summed E-state index contributed by atoms with van der Waals surface area (Å²) in [4.78, 5) is 16.9. The van der Waals surface area contributed by atoms with Crippen molar-refractivity contribution in [2.24, 2.45) is 0 Å². The van der Waals surface area contributed by atoms with Gasteiger partial charge in [-0.1, -0.05) is 39.8 Å². The zero-order valence-electron chi connectivity index (χ0n) is 11.9. The van der Waals surface area contributed by atoms with Crippen molar-refractivity contribution in [3.05, 3.63) is 76.4 Å². The van der Waals surface area contributed by atoms with Gasteiger partial charge in [0.2, 0.25) is 0 Å². The predicted molar refractivity (Wildman–Crippen MR) is 93.2 cm³/mol. The maximum atomic E-state index is 12.8. The average molecular weight is 386 g/mol. The van der Waals surface area contributed by atoms with Crippen LogP contribution in [-0.4, -0.2) is 16.3 Å². The molecule has 0 saturated carbocycles. The highest BCUT2D eigenvalue weighted by atomic mass is 79.9. The topological polar surface area (TPSA) is 50.5 Å². The molecule has 114 valence electrons. The van der Waals surface area contributed by atoms with Crippen LogP contribution in [-0.2, 0) is 11.4 Å². The molecule has 0 aliphatic carbocycles. The maximum absolute atomic E-state index is 12.8. The molecule has 0 atom stereocenters. The van der Waals surface area contributed by atoms with E-state index in [4.69, 9.17) is 0 Å². The number of carbonyl (C=O) groups excluding carboxylic acids is 1. The van der Waals surface area contributed by atoms with Crippen LogP contribution in [0.2, 0.25) is 0 Å². The normalized spacial score (nSPS) is 14.0. The van der Waals surface area contributed by atoms with E-state index in [2.05, 4.69) is 20.9 Å². The minimum atomic E-state index is -0.0236. The predicted octanol–water partition coefficient (Wildman–Crippen LogP) is 1.18. The summed E-state index contributed by atoms with van der Waals surface area (Å²) >= 11 is 5.07. The monoisotopic (exact) mass is 385 g/mol. The van der Waals surface area contributed by atoms with E-state index in [1.165, 1.54) is 0 Å². The fourth-order valence-electron chi connectivity index (χ4n) is 2.55. The molecule has 3 heterocycles. The summed E-state index contributed by atoms with van der Waals surface area (Å²) in [5, 5.41) is 5.89. The van der Waals surface area contributed by atoms with Crippen LogP contribution in [0.15, 0.2) is 59.5 Å². The highest BCUT2D eigenvalue weighted by Crippen LogP contribution is 2.21. The lowest BCUT2D eigenvalue weighted by Gasteiger charge is -2.16. The molecular formula is C17H12BrN3OS. The summed E-state index contributed by atoms with van der Waals surface area (Å²) in [6.45, 7) is 0. The number of rotatable bonds is 2. The molecule has 2 N–H and O–H groups in total. The minimum absolute atomic E-state index is 0.0236. The summed E-state index contributed by atoms with van der Waals surface area (Å²) in [6.07, 6.45) is 5.37. The zero-order chi connectivity index (χ0) is 15.8. The summed E-state index contributed by atoms with van der Waals surface area (Å²) in [5.74, 6) is -0.0236. The molecule has 0 saturated heterocycles. The molecule has 23 heavy (non-hydrogen) atoms. The number of fused-ring (bicyclic) bond motifs is 1. The van der Waals surface area contributed by atoms with Gasteiger partial charge >= 0.3 is 0 Å². The van der Waals surface area contributed by atoms with Crippen molar-refractivity contribution >= 4 is 49.5 Å². The first-order valence-electron chi connectivity index (χ1n) is 7.03. The molecule has 0 amide bonds. The largest absolute Gasteiger partial charge is 0.413 e. The second-order valence-corrected chi connectivity index (χ2v) is 6.87. The van der Waals surface area contributed by atoms with Crippen molar-refractivity contribution in [3.8, 4) is 0 Å². The van der Waals surface area contributed by atoms with E-state index in [9.17, 15) is 4.79 Å². The van der Waals surface area contributed by atoms with Crippen molar-refractivity contribution in [1.29, 1.82) is 0 Å². The molecule has 3 aromatic rings. The number of aromatic nitrogens is 2. The molecular weight excluding hydrogens is 374 g/mol. The molecule has 1 aliphatic rings. The van der Waals surface area contributed by atoms with Crippen molar-refractivity contribution in [1.82, 2.24) is 4.98 Å². The fraction of sp³-hybridized carbons (Fsp3) is 0. The Hall–Kier alpha value is -2.15. The first kappa shape index (κ1) is 14.4. The Bertz CT molecular complexity index is 907. The van der Waals surface area contributed by atoms with Gasteiger partial charge < -0.3 is 10.3 Å². The quantitative estimate of drug-likeness (QED) is 0.311. The fourth-order valence-corrected chi connectivity index (χ4v) is 3.92. The minimum Gasteiger partial charge on any atom is -0.413 e. The average Bonchev–Trinajstić information content (AvgIpc) is 3.23. The summed E-state index contributed by atoms with van der Waals surface area (Å²) in [5.41, 5.74) is 1.93. The van der Waals surface area contributed by atoms with E-state index in [1.807, 2.05) is 59.5 Å². The van der Waals surface area contributed by atoms with Crippen LogP contribution in [0.1, 0.15) is 10.4 Å². The second kappa shape index (κ2) is 5.81. The summed E-state index contributed by atoms with van der Waals surface area (Å²) in [6, 6.07) is 12.4. The van der Waals surface area contributed by atoms with Crippen LogP contribution < -0.4 is 9.88 Å². The molecule has 6 heteroatoms. The SMILES string of the molecule is O=C([C-]1C=[S+][C-](c2cccnc2)[NH2+]1)[n+]1ccc2c(Br)ccc[c-]21. The van der Waals surface area contributed by atoms with Crippen molar-refractivity contribution in [2.75, 3.05) is 0 Å². The van der Waals surface area contributed by atoms with Gasteiger partial charge in [0.15, 0.2) is 11.4 Å². The lowest BCUT2D eigenvalue weighted by molar-refractivity contribution is -0.612. The van der Waals surface area contributed by atoms with Gasteiger partial charge in [-0.3, -0.25) is 4.79 Å². The molecule has 0 bridgehead atoms. The lowest BCUT2D eigenvalue weighted by Crippen LogP contribution is -2.88. The van der Waals surface area contributed by atoms with Gasteiger partial charge in [-0.2, -0.15) is 0 Å². The number of benzene rings is 1. The van der Waals surface area contributed by atoms with Crippen molar-refractivity contribution in [3.63, 3.8) is 0 Å². The lowest BCUT2D eigenvalue weighted by atomic mass is 10.2. The molecule has 0 radical (unpaired) electrons. The van der Waals surface area contributed by atoms with E-state index in [1.54, 1.807) is 22.1 Å². The van der Waals surface area contributed by atoms with Gasteiger partial charge in [0.05, 0.1) is 11.6 Å². The number of nitrogens with zero attached hydrogens (tertiary/aromatic N) is 2. The molecule has 4 nitrogen and oxygen atoms in total. The number of hydrogen-bond acceptors (Lipinski definition) is 2. The van der Waals surface area contributed by atoms with Crippen LogP contribution in [0.25, 0.3) is 10.9 Å². The molecule has 2 aromatic heterocycles. The van der Waals surface area contributed by atoms with Gasteiger partial charge in [0.25, 0.3) is 11.3 Å². The van der Waals surface area contributed by atoms with Crippen LogP contribution in [0.3, 0.4) is 0 Å². The summed E-state index contributed by atoms with van der Waals surface area (Å²) < 4.78 is 2.68. The molecule has 1 aliphatic heterocycles. The number of hydrogen-bond donors (Lipinski definition) is 1. The Balaban J connectivity index is 1.61. The third-order valence-electron chi connectivity index (χ3n) is 3.69. The van der Waals surface area contributed by atoms with E-state index in [0.717, 1.165) is 26.3 Å². The van der Waals surface area contributed by atoms with Gasteiger partial charge in [-0.15, -0.1) is 18.2 Å². The van der Waals surface area contributed by atoms with E-state index in [-0.39, 0.29) is 5.91 Å². The Kier molecular flexibility index (Phi) is 3.65. The smallest absolute Gasteiger partial charge is 0.267 e. The number of quaternary nitrogens is 1. The third-order valence-corrected chi connectivity index (χ3v) is 5.36. The Morgan fingerprint density at radius 1 is 1.30 bits per heavy atom. The maximum Gasteiger partial charge on any atom is 0.267 e. The van der Waals surface area contributed by atoms with E-state index in [0.29, 0.717) is 6.04 Å². The molecule has 0 fully saturated rings. The Morgan fingerprint density at radius 2 is 2.22 bits per heavy atom. The molecule has 1 aromatic carbocycles. The number of carbonyl (C=O) groups is 1. The van der Waals surface area contributed by atoms with Crippen LogP contribution in [0.4, 0.5) is 0 Å². The molecule has 0 unspecified atom stereocenters. The van der Waals surface area contributed by atoms with Crippen LogP contribution >= 0.6 is 15.9 Å². The molecule has 0 spiro atoms. The zero-order valence-corrected chi connectivity index (χ0v) is 14.3. The Morgan fingerprint density at radius 3 is 3.04 bits per heavy atom. The standard InChI is InChI=1S/C17H12BrN3OS/c18-13-4-1-5-15-12(13)6-8-21(15)17(22)14-10-23-16(20-14)11-3-2-7-19-9-11/h1-10H,20H2.